The summed E-state index contributed by atoms with van der Waals surface area (Å²) >= 11 is 0. The molecule has 4 aliphatic heterocycles. The molecule has 0 bridgehead atoms. The summed E-state index contributed by atoms with van der Waals surface area (Å²) in [5.74, 6) is 1.27. The SMILES string of the molecule is C=C1CC2C=Nc3cc(OCCCCCOc4cc5c(cc4OC)C(=O)N4CCOCC4C(=O)N5)c(OC)cc3C(=O)N2C1. The minimum Gasteiger partial charge on any atom is -0.493 e. The molecule has 0 aliphatic carbocycles. The first-order valence-electron chi connectivity index (χ1n) is 14.8. The summed E-state index contributed by atoms with van der Waals surface area (Å²) in [7, 11) is 3.07. The van der Waals surface area contributed by atoms with Gasteiger partial charge in [-0.05, 0) is 37.8 Å². The second-order valence-electron chi connectivity index (χ2n) is 11.1. The predicted octanol–water partition coefficient (Wildman–Crippen LogP) is 3.61. The van der Waals surface area contributed by atoms with Crippen LogP contribution in [0.15, 0.2) is 41.4 Å². The van der Waals surface area contributed by atoms with E-state index in [2.05, 4.69) is 16.9 Å². The number of unbranched alkanes of at least 4 members (excludes halogenated alkanes) is 2. The van der Waals surface area contributed by atoms with Crippen molar-refractivity contribution in [2.45, 2.75) is 37.8 Å². The van der Waals surface area contributed by atoms with Gasteiger partial charge in [0.2, 0.25) is 5.91 Å². The van der Waals surface area contributed by atoms with Crippen LogP contribution in [-0.4, -0.2) is 99.6 Å². The van der Waals surface area contributed by atoms with Crippen molar-refractivity contribution in [1.82, 2.24) is 9.80 Å². The quantitative estimate of drug-likeness (QED) is 0.322. The van der Waals surface area contributed by atoms with Crippen LogP contribution in [0.4, 0.5) is 11.4 Å². The van der Waals surface area contributed by atoms with Crippen LogP contribution in [0, 0.1) is 0 Å². The third kappa shape index (κ3) is 5.69. The number of carbonyl (C=O) groups excluding carboxylic acids is 3. The molecule has 44 heavy (non-hydrogen) atoms. The molecule has 4 aliphatic rings. The van der Waals surface area contributed by atoms with Gasteiger partial charge in [0.25, 0.3) is 11.8 Å². The fraction of sp³-hybridized carbons (Fsp3) is 0.438. The summed E-state index contributed by atoms with van der Waals surface area (Å²) in [6, 6.07) is 5.97. The number of methoxy groups -OCH3 is 2. The lowest BCUT2D eigenvalue weighted by molar-refractivity contribution is -0.125. The average Bonchev–Trinajstić information content (AvgIpc) is 3.32. The van der Waals surface area contributed by atoms with E-state index in [4.69, 9.17) is 23.7 Å². The van der Waals surface area contributed by atoms with Crippen LogP contribution in [0.5, 0.6) is 23.0 Å². The van der Waals surface area contributed by atoms with E-state index < -0.39 is 6.04 Å². The Morgan fingerprint density at radius 3 is 2.32 bits per heavy atom. The summed E-state index contributed by atoms with van der Waals surface area (Å²) in [4.78, 5) is 47.0. The smallest absolute Gasteiger partial charge is 0.257 e. The van der Waals surface area contributed by atoms with E-state index in [1.807, 2.05) is 6.21 Å². The Balaban J connectivity index is 1.03. The first-order valence-corrected chi connectivity index (χ1v) is 14.8. The second-order valence-corrected chi connectivity index (χ2v) is 11.1. The third-order valence-corrected chi connectivity index (χ3v) is 8.24. The highest BCUT2D eigenvalue weighted by Gasteiger charge is 2.38. The fourth-order valence-electron chi connectivity index (χ4n) is 5.90. The number of anilines is 1. The number of fused-ring (bicyclic) bond motifs is 4. The van der Waals surface area contributed by atoms with Gasteiger partial charge in [-0.2, -0.15) is 0 Å². The van der Waals surface area contributed by atoms with E-state index in [-0.39, 0.29) is 30.4 Å². The topological polar surface area (TPSA) is 128 Å². The van der Waals surface area contributed by atoms with Gasteiger partial charge in [-0.25, -0.2) is 0 Å². The van der Waals surface area contributed by atoms with Crippen molar-refractivity contribution in [2.75, 3.05) is 59.1 Å². The van der Waals surface area contributed by atoms with Crippen LogP contribution in [0.1, 0.15) is 46.4 Å². The molecule has 3 amide bonds. The maximum Gasteiger partial charge on any atom is 0.257 e. The van der Waals surface area contributed by atoms with Crippen LogP contribution >= 0.6 is 0 Å². The van der Waals surface area contributed by atoms with Gasteiger partial charge >= 0.3 is 0 Å². The van der Waals surface area contributed by atoms with Gasteiger partial charge in [-0.3, -0.25) is 19.4 Å². The number of morpholine rings is 1. The molecule has 12 heteroatoms. The van der Waals surface area contributed by atoms with E-state index in [1.165, 1.54) is 7.11 Å². The Hall–Kier alpha value is -4.58. The molecule has 0 aromatic heterocycles. The number of ether oxygens (including phenoxy) is 5. The summed E-state index contributed by atoms with van der Waals surface area (Å²) in [5.41, 5.74) is 2.83. The summed E-state index contributed by atoms with van der Waals surface area (Å²) < 4.78 is 28.5. The Morgan fingerprint density at radius 2 is 1.59 bits per heavy atom. The molecular weight excluding hydrogens is 568 g/mol. The Kier molecular flexibility index (Phi) is 8.42. The third-order valence-electron chi connectivity index (χ3n) is 8.24. The Labute approximate surface area is 255 Å². The summed E-state index contributed by atoms with van der Waals surface area (Å²) in [6.45, 7) is 6.31. The van der Waals surface area contributed by atoms with Gasteiger partial charge < -0.3 is 38.8 Å². The molecule has 2 atom stereocenters. The molecule has 2 fully saturated rings. The summed E-state index contributed by atoms with van der Waals surface area (Å²) in [6.07, 6.45) is 4.85. The Bertz CT molecular complexity index is 1520. The van der Waals surface area contributed by atoms with Crippen LogP contribution < -0.4 is 24.3 Å². The van der Waals surface area contributed by atoms with Crippen LogP contribution in [0.2, 0.25) is 0 Å². The number of hydrogen-bond acceptors (Lipinski definition) is 9. The molecule has 2 aromatic carbocycles. The normalized spacial score (nSPS) is 20.6. The van der Waals surface area contributed by atoms with Gasteiger partial charge in [0.1, 0.15) is 6.04 Å². The van der Waals surface area contributed by atoms with Gasteiger partial charge in [-0.1, -0.05) is 12.2 Å². The van der Waals surface area contributed by atoms with Crippen LogP contribution in [-0.2, 0) is 9.53 Å². The number of rotatable bonds is 10. The molecule has 12 nitrogen and oxygen atoms in total. The number of carbonyl (C=O) groups is 3. The van der Waals surface area contributed by atoms with E-state index in [0.29, 0.717) is 78.4 Å². The molecule has 0 saturated carbocycles. The molecule has 0 spiro atoms. The number of nitrogens with one attached hydrogen (secondary N) is 1. The maximum absolute atomic E-state index is 13.2. The first-order chi connectivity index (χ1) is 21.4. The first kappa shape index (κ1) is 29.5. The van der Waals surface area contributed by atoms with E-state index >= 15 is 0 Å². The van der Waals surface area contributed by atoms with Crippen molar-refractivity contribution in [2.24, 2.45) is 4.99 Å². The zero-order valence-corrected chi connectivity index (χ0v) is 24.9. The van der Waals surface area contributed by atoms with Crippen molar-refractivity contribution in [3.05, 3.63) is 47.5 Å². The lowest BCUT2D eigenvalue weighted by Gasteiger charge is -2.32. The number of amides is 3. The molecule has 232 valence electrons. The number of benzene rings is 2. The van der Waals surface area contributed by atoms with Crippen LogP contribution in [0.25, 0.3) is 0 Å². The highest BCUT2D eigenvalue weighted by atomic mass is 16.5. The monoisotopic (exact) mass is 604 g/mol. The molecule has 0 radical (unpaired) electrons. The molecule has 2 saturated heterocycles. The van der Waals surface area contributed by atoms with Crippen molar-refractivity contribution >= 4 is 35.3 Å². The van der Waals surface area contributed by atoms with Gasteiger partial charge in [0.05, 0.1) is 69.2 Å². The van der Waals surface area contributed by atoms with E-state index in [0.717, 1.165) is 31.3 Å². The minimum atomic E-state index is -0.666. The summed E-state index contributed by atoms with van der Waals surface area (Å²) in [5, 5.41) is 2.85. The van der Waals surface area contributed by atoms with Gasteiger partial charge in [0, 0.05) is 31.4 Å². The Morgan fingerprint density at radius 1 is 0.909 bits per heavy atom. The largest absolute Gasteiger partial charge is 0.493 e. The second kappa shape index (κ2) is 12.6. The van der Waals surface area contributed by atoms with Crippen molar-refractivity contribution in [3.63, 3.8) is 0 Å². The van der Waals surface area contributed by atoms with E-state index in [1.54, 1.807) is 41.2 Å². The molecule has 1 N–H and O–H groups in total. The predicted molar refractivity (Wildman–Crippen MR) is 162 cm³/mol. The van der Waals surface area contributed by atoms with Crippen LogP contribution in [0.3, 0.4) is 0 Å². The highest BCUT2D eigenvalue weighted by molar-refractivity contribution is 6.10. The number of hydrogen-bond donors (Lipinski definition) is 1. The lowest BCUT2D eigenvalue weighted by atomic mass is 10.1. The molecule has 4 heterocycles. The van der Waals surface area contributed by atoms with Gasteiger partial charge in [0.15, 0.2) is 23.0 Å². The standard InChI is InChI=1S/C32H36N4O8/c1-19-11-20-16-33-23-14-28(26(40-2)12-21(23)32(39)36(20)17-19)43-8-5-4-6-9-44-29-15-24-22(13-27(29)41-3)31(38)35-7-10-42-18-25(35)30(37)34-24/h12-16,20,25H,1,4-11,17-18H2,2-3H3,(H,34,37). The number of nitrogens with zero attached hydrogens (tertiary/aromatic N) is 3. The molecular formula is C32H36N4O8. The van der Waals surface area contributed by atoms with Gasteiger partial charge in [-0.15, -0.1) is 0 Å². The lowest BCUT2D eigenvalue weighted by Crippen LogP contribution is -2.52. The number of aliphatic imine (C=N–C) groups is 1. The van der Waals surface area contributed by atoms with E-state index in [9.17, 15) is 14.4 Å². The highest BCUT2D eigenvalue weighted by Crippen LogP contribution is 2.39. The average molecular weight is 605 g/mol. The van der Waals surface area contributed by atoms with Crippen molar-refractivity contribution in [3.8, 4) is 23.0 Å². The molecule has 6 rings (SSSR count). The maximum atomic E-state index is 13.2. The molecule has 2 aromatic rings. The van der Waals surface area contributed by atoms with Crippen molar-refractivity contribution < 1.29 is 38.1 Å². The minimum absolute atomic E-state index is 0.0793. The fourth-order valence-corrected chi connectivity index (χ4v) is 5.90. The van der Waals surface area contributed by atoms with Crippen molar-refractivity contribution in [1.29, 1.82) is 0 Å². The zero-order chi connectivity index (χ0) is 30.8. The zero-order valence-electron chi connectivity index (χ0n) is 24.9. The molecule has 2 unspecified atom stereocenters.